The molecular weight excluding hydrogens is 847 g/mol. The largest absolute Gasteiger partial charge is 3.00 e. The first-order chi connectivity index (χ1) is 26.7. The van der Waals surface area contributed by atoms with E-state index in [-0.39, 0.29) is 20.1 Å². The normalized spacial score (nSPS) is 10.3. The van der Waals surface area contributed by atoms with Crippen LogP contribution in [0.15, 0.2) is 128 Å². The molecule has 6 aromatic rings. The van der Waals surface area contributed by atoms with E-state index in [1.54, 1.807) is 0 Å². The first-order valence-electron chi connectivity index (χ1n) is 20.5. The molecule has 0 amide bonds. The van der Waals surface area contributed by atoms with E-state index in [0.29, 0.717) is 0 Å². The molecule has 0 saturated heterocycles. The minimum atomic E-state index is 0. The van der Waals surface area contributed by atoms with Crippen LogP contribution in [-0.2, 0) is 39.4 Å². The van der Waals surface area contributed by atoms with E-state index in [0.717, 1.165) is 53.0 Å². The van der Waals surface area contributed by atoms with Gasteiger partial charge in [0.25, 0.3) is 0 Å². The van der Waals surface area contributed by atoms with Gasteiger partial charge in [0.2, 0.25) is 0 Å². The summed E-state index contributed by atoms with van der Waals surface area (Å²) in [7, 11) is 0. The zero-order valence-electron chi connectivity index (χ0n) is 33.4. The van der Waals surface area contributed by atoms with Gasteiger partial charge in [0.05, 0.1) is 0 Å². The fourth-order valence-electron chi connectivity index (χ4n) is 6.12. The molecule has 0 fully saturated rings. The van der Waals surface area contributed by atoms with Crippen LogP contribution in [0.1, 0.15) is 115 Å². The number of nitrogens with zero attached hydrogens (tertiary/aromatic N) is 3. The molecule has 0 N–H and O–H groups in total. The molecule has 55 heavy (non-hydrogen) atoms. The summed E-state index contributed by atoms with van der Waals surface area (Å²) in [6.45, 7) is 6.73. The molecule has 4 heteroatoms. The molecule has 288 valence electrons. The fraction of sp³-hybridized carbons (Fsp3) is 0.353. The summed E-state index contributed by atoms with van der Waals surface area (Å²) < 4.78 is 0. The van der Waals surface area contributed by atoms with Gasteiger partial charge in [0.15, 0.2) is 0 Å². The van der Waals surface area contributed by atoms with Crippen LogP contribution >= 0.6 is 0 Å². The molecule has 3 nitrogen and oxygen atoms in total. The van der Waals surface area contributed by atoms with E-state index >= 15 is 0 Å². The van der Waals surface area contributed by atoms with Crippen molar-refractivity contribution in [2.75, 3.05) is 0 Å². The van der Waals surface area contributed by atoms with Gasteiger partial charge in [-0.05, 0) is 72.3 Å². The Balaban J connectivity index is 0.000000220. The number of benzene rings is 3. The number of unbranched alkanes of at least 4 members (excludes halogenated alkanes) is 9. The average Bonchev–Trinajstić information content (AvgIpc) is 3.25. The molecule has 0 spiro atoms. The van der Waals surface area contributed by atoms with Gasteiger partial charge in [-0.25, -0.2) is 0 Å². The summed E-state index contributed by atoms with van der Waals surface area (Å²) in [6.07, 6.45) is 25.1. The van der Waals surface area contributed by atoms with Crippen molar-refractivity contribution in [3.8, 4) is 33.8 Å². The molecule has 0 radical (unpaired) electrons. The molecular formula is C51H60IrN3. The number of hydrogen-bond donors (Lipinski definition) is 0. The number of aromatic nitrogens is 3. The van der Waals surface area contributed by atoms with Crippen molar-refractivity contribution < 1.29 is 20.1 Å². The molecule has 3 aromatic carbocycles. The number of aryl methyl sites for hydroxylation is 3. The van der Waals surface area contributed by atoms with Crippen LogP contribution in [0.5, 0.6) is 0 Å². The van der Waals surface area contributed by atoms with Crippen LogP contribution in [0, 0.1) is 18.2 Å². The van der Waals surface area contributed by atoms with Crippen molar-refractivity contribution >= 4 is 0 Å². The molecule has 6 rings (SSSR count). The van der Waals surface area contributed by atoms with Crippen LogP contribution in [-0.4, -0.2) is 15.0 Å². The Bertz CT molecular complexity index is 1560. The van der Waals surface area contributed by atoms with Crippen molar-refractivity contribution in [2.45, 2.75) is 117 Å². The number of hydrogen-bond acceptors (Lipinski definition) is 3. The van der Waals surface area contributed by atoms with Crippen molar-refractivity contribution in [1.29, 1.82) is 0 Å². The maximum Gasteiger partial charge on any atom is 3.00 e. The van der Waals surface area contributed by atoms with Gasteiger partial charge < -0.3 is 15.0 Å². The Labute approximate surface area is 346 Å². The van der Waals surface area contributed by atoms with Gasteiger partial charge in [-0.3, -0.25) is 0 Å². The van der Waals surface area contributed by atoms with Crippen molar-refractivity contribution in [1.82, 2.24) is 15.0 Å². The fourth-order valence-corrected chi connectivity index (χ4v) is 6.12. The van der Waals surface area contributed by atoms with E-state index in [1.165, 1.54) is 93.7 Å². The minimum absolute atomic E-state index is 0. The molecule has 0 aliphatic rings. The summed E-state index contributed by atoms with van der Waals surface area (Å²) in [5.41, 5.74) is 10.2. The Kier molecular flexibility index (Phi) is 23.2. The summed E-state index contributed by atoms with van der Waals surface area (Å²) in [6, 6.07) is 46.4. The summed E-state index contributed by atoms with van der Waals surface area (Å²) in [5, 5.41) is 0. The van der Waals surface area contributed by atoms with Crippen LogP contribution in [0.4, 0.5) is 0 Å². The summed E-state index contributed by atoms with van der Waals surface area (Å²) >= 11 is 0. The van der Waals surface area contributed by atoms with Gasteiger partial charge >= 0.3 is 20.1 Å². The molecule has 0 atom stereocenters. The maximum absolute atomic E-state index is 4.52. The molecule has 0 aliphatic carbocycles. The van der Waals surface area contributed by atoms with Crippen LogP contribution in [0.3, 0.4) is 0 Å². The zero-order valence-corrected chi connectivity index (χ0v) is 35.8. The van der Waals surface area contributed by atoms with Gasteiger partial charge in [-0.15, -0.1) is 108 Å². The molecule has 3 aromatic heterocycles. The van der Waals surface area contributed by atoms with Crippen LogP contribution < -0.4 is 0 Å². The quantitative estimate of drug-likeness (QED) is 0.0637. The third-order valence-corrected chi connectivity index (χ3v) is 9.39. The topological polar surface area (TPSA) is 38.7 Å². The maximum atomic E-state index is 4.52. The van der Waals surface area contributed by atoms with Crippen LogP contribution in [0.25, 0.3) is 33.8 Å². The van der Waals surface area contributed by atoms with Gasteiger partial charge in [-0.1, -0.05) is 115 Å². The minimum Gasteiger partial charge on any atom is -0.304 e. The molecule has 0 saturated carbocycles. The smallest absolute Gasteiger partial charge is 0.304 e. The Morgan fingerprint density at radius 2 is 0.673 bits per heavy atom. The van der Waals surface area contributed by atoms with Gasteiger partial charge in [0.1, 0.15) is 0 Å². The summed E-state index contributed by atoms with van der Waals surface area (Å²) in [5.74, 6) is 0. The second kappa shape index (κ2) is 28.2. The third kappa shape index (κ3) is 17.8. The van der Waals surface area contributed by atoms with E-state index < -0.39 is 0 Å². The zero-order chi connectivity index (χ0) is 37.9. The van der Waals surface area contributed by atoms with Crippen molar-refractivity contribution in [3.63, 3.8) is 0 Å². The van der Waals surface area contributed by atoms with E-state index in [9.17, 15) is 0 Å². The monoisotopic (exact) mass is 907 g/mol. The average molecular weight is 907 g/mol. The van der Waals surface area contributed by atoms with Crippen molar-refractivity contribution in [2.24, 2.45) is 0 Å². The predicted molar refractivity (Wildman–Crippen MR) is 229 cm³/mol. The second-order valence-corrected chi connectivity index (χ2v) is 13.9. The van der Waals surface area contributed by atoms with Gasteiger partial charge in [0, 0.05) is 18.6 Å². The van der Waals surface area contributed by atoms with Crippen LogP contribution in [0.2, 0.25) is 0 Å². The first-order valence-corrected chi connectivity index (χ1v) is 20.5. The standard InChI is InChI=1S/3C17H20N.Ir/c3*1-2-3-4-6-9-15-12-13-17(18-14-15)16-10-7-5-8-11-16;/h3*5,7-8,10,12-14H,2-4,6,9H2,1H3;/q3*-1;+3. The van der Waals surface area contributed by atoms with E-state index in [4.69, 9.17) is 0 Å². The second-order valence-electron chi connectivity index (χ2n) is 13.9. The van der Waals surface area contributed by atoms with Crippen molar-refractivity contribution in [3.05, 3.63) is 163 Å². The SMILES string of the molecule is CCCCCCc1ccc(-c2[c-]cccc2)nc1.CCCCCCc1ccc(-c2[c-]cccc2)nc1.CCCCCCc1ccc(-c2[c-]cccc2)nc1.[Ir+3]. The Morgan fingerprint density at radius 1 is 0.364 bits per heavy atom. The summed E-state index contributed by atoms with van der Waals surface area (Å²) in [4.78, 5) is 13.5. The molecule has 0 aliphatic heterocycles. The molecule has 0 unspecified atom stereocenters. The first kappa shape index (κ1) is 45.2. The van der Waals surface area contributed by atoms with E-state index in [1.807, 2.05) is 91.4 Å². The predicted octanol–water partition coefficient (Wildman–Crippen LogP) is 14.0. The third-order valence-electron chi connectivity index (χ3n) is 9.39. The Morgan fingerprint density at radius 3 is 0.891 bits per heavy atom. The van der Waals surface area contributed by atoms with E-state index in [2.05, 4.69) is 90.3 Å². The molecule has 0 bridgehead atoms. The number of pyridine rings is 3. The van der Waals surface area contributed by atoms with Gasteiger partial charge in [-0.2, -0.15) is 0 Å². The molecule has 3 heterocycles. The Hall–Kier alpha value is -4.24. The number of rotatable bonds is 18.